The SMILES string of the molecule is C=C(C)C(=O)OS(=O)(=O)NS(=O)(=O)C(F)(F)F. The molecule has 17 heavy (non-hydrogen) atoms. The van der Waals surface area contributed by atoms with Gasteiger partial charge in [-0.25, -0.2) is 13.2 Å². The van der Waals surface area contributed by atoms with Crippen molar-refractivity contribution in [2.24, 2.45) is 0 Å². The highest BCUT2D eigenvalue weighted by Crippen LogP contribution is 2.22. The lowest BCUT2D eigenvalue weighted by molar-refractivity contribution is -0.129. The highest BCUT2D eigenvalue weighted by molar-refractivity contribution is 8.03. The molecule has 100 valence electrons. The van der Waals surface area contributed by atoms with E-state index in [0.29, 0.717) is 0 Å². The van der Waals surface area contributed by atoms with E-state index in [1.807, 2.05) is 0 Å². The third-order valence-electron chi connectivity index (χ3n) is 1.05. The maximum Gasteiger partial charge on any atom is 0.512 e. The number of alkyl halides is 3. The van der Waals surface area contributed by atoms with Gasteiger partial charge in [0.05, 0.1) is 0 Å². The van der Waals surface area contributed by atoms with Gasteiger partial charge in [-0.05, 0) is 6.92 Å². The van der Waals surface area contributed by atoms with Crippen LogP contribution in [0.3, 0.4) is 0 Å². The molecule has 7 nitrogen and oxygen atoms in total. The molecular formula is C5H6F3NO6S2. The summed E-state index contributed by atoms with van der Waals surface area (Å²) in [7, 11) is -11.6. The van der Waals surface area contributed by atoms with E-state index >= 15 is 0 Å². The van der Waals surface area contributed by atoms with Crippen LogP contribution >= 0.6 is 0 Å². The van der Waals surface area contributed by atoms with Gasteiger partial charge < -0.3 is 4.18 Å². The summed E-state index contributed by atoms with van der Waals surface area (Å²) < 4.78 is 81.3. The Morgan fingerprint density at radius 3 is 1.94 bits per heavy atom. The Hall–Kier alpha value is -1.14. The van der Waals surface area contributed by atoms with Crippen molar-refractivity contribution in [3.63, 3.8) is 0 Å². The summed E-state index contributed by atoms with van der Waals surface area (Å²) in [4.78, 5) is 10.7. The quantitative estimate of drug-likeness (QED) is 0.720. The zero-order valence-corrected chi connectivity index (χ0v) is 9.74. The summed E-state index contributed by atoms with van der Waals surface area (Å²) in [6.45, 7) is 3.96. The Kier molecular flexibility index (Phi) is 4.31. The molecule has 0 unspecified atom stereocenters. The lowest BCUT2D eigenvalue weighted by Gasteiger charge is -2.09. The third-order valence-corrected chi connectivity index (χ3v) is 3.72. The van der Waals surface area contributed by atoms with Crippen LogP contribution in [0.5, 0.6) is 0 Å². The first-order valence-corrected chi connectivity index (χ1v) is 6.42. The molecule has 0 aromatic rings. The fourth-order valence-corrected chi connectivity index (χ4v) is 2.30. The number of carbonyl (C=O) groups is 1. The predicted octanol–water partition coefficient (Wildman–Crippen LogP) is -0.210. The first kappa shape index (κ1) is 15.9. The molecule has 0 fully saturated rings. The van der Waals surface area contributed by atoms with Crippen LogP contribution in [0.2, 0.25) is 0 Å². The van der Waals surface area contributed by atoms with E-state index < -0.39 is 37.4 Å². The smallest absolute Gasteiger partial charge is 0.329 e. The lowest BCUT2D eigenvalue weighted by atomic mass is 10.4. The van der Waals surface area contributed by atoms with Crippen molar-refractivity contribution in [1.82, 2.24) is 4.13 Å². The van der Waals surface area contributed by atoms with Crippen LogP contribution in [0.15, 0.2) is 12.2 Å². The van der Waals surface area contributed by atoms with Crippen LogP contribution in [0, 0.1) is 0 Å². The van der Waals surface area contributed by atoms with Gasteiger partial charge in [-0.2, -0.15) is 21.6 Å². The molecule has 0 radical (unpaired) electrons. The van der Waals surface area contributed by atoms with Crippen LogP contribution in [0.25, 0.3) is 0 Å². The second-order valence-corrected chi connectivity index (χ2v) is 5.85. The van der Waals surface area contributed by atoms with Crippen LogP contribution in [0.1, 0.15) is 6.92 Å². The standard InChI is InChI=1S/C5H6F3NO6S2/c1-3(2)4(10)15-17(13,14)9-16(11,12)5(6,7)8/h9H,1H2,2H3. The second-order valence-electron chi connectivity index (χ2n) is 2.64. The third kappa shape index (κ3) is 4.70. The molecule has 0 saturated carbocycles. The lowest BCUT2D eigenvalue weighted by Crippen LogP contribution is -2.41. The molecule has 1 N–H and O–H groups in total. The Morgan fingerprint density at radius 1 is 1.24 bits per heavy atom. The summed E-state index contributed by atoms with van der Waals surface area (Å²) in [6, 6.07) is 0. The summed E-state index contributed by atoms with van der Waals surface area (Å²) in [5, 5.41) is 0. The minimum atomic E-state index is -6.17. The van der Waals surface area contributed by atoms with Gasteiger partial charge in [0, 0.05) is 5.57 Å². The number of nitrogens with one attached hydrogen (secondary N) is 1. The Morgan fingerprint density at radius 2 is 1.65 bits per heavy atom. The van der Waals surface area contributed by atoms with Crippen molar-refractivity contribution in [3.05, 3.63) is 12.2 Å². The fraction of sp³-hybridized carbons (Fsp3) is 0.400. The van der Waals surface area contributed by atoms with Crippen molar-refractivity contribution in [2.75, 3.05) is 0 Å². The van der Waals surface area contributed by atoms with Crippen molar-refractivity contribution in [1.29, 1.82) is 0 Å². The predicted molar refractivity (Wildman–Crippen MR) is 47.9 cm³/mol. The van der Waals surface area contributed by atoms with Crippen LogP contribution in [0.4, 0.5) is 13.2 Å². The molecule has 0 heterocycles. The molecule has 0 rings (SSSR count). The molecule has 0 aromatic carbocycles. The van der Waals surface area contributed by atoms with Gasteiger partial charge in [0.15, 0.2) is 0 Å². The Bertz CT molecular complexity index is 530. The van der Waals surface area contributed by atoms with Gasteiger partial charge in [0.1, 0.15) is 0 Å². The van der Waals surface area contributed by atoms with E-state index in [2.05, 4.69) is 10.8 Å². The first-order valence-electron chi connectivity index (χ1n) is 3.52. The molecule has 0 aliphatic rings. The van der Waals surface area contributed by atoms with Gasteiger partial charge in [0.2, 0.25) is 0 Å². The minimum Gasteiger partial charge on any atom is -0.329 e. The molecular weight excluding hydrogens is 291 g/mol. The average Bonchev–Trinajstić information content (AvgIpc) is 1.97. The Labute approximate surface area is 94.6 Å². The summed E-state index contributed by atoms with van der Waals surface area (Å²) in [6.07, 6.45) is 0. The molecule has 0 aliphatic carbocycles. The van der Waals surface area contributed by atoms with E-state index in [-0.39, 0.29) is 4.13 Å². The minimum absolute atomic E-state index is 0.194. The zero-order chi connectivity index (χ0) is 14.1. The van der Waals surface area contributed by atoms with Crippen molar-refractivity contribution in [2.45, 2.75) is 12.4 Å². The zero-order valence-electron chi connectivity index (χ0n) is 8.11. The van der Waals surface area contributed by atoms with Crippen LogP contribution < -0.4 is 4.13 Å². The monoisotopic (exact) mass is 297 g/mol. The first-order chi connectivity index (χ1) is 7.28. The van der Waals surface area contributed by atoms with Gasteiger partial charge in [-0.3, -0.25) is 0 Å². The van der Waals surface area contributed by atoms with Gasteiger partial charge >= 0.3 is 31.8 Å². The topological polar surface area (TPSA) is 107 Å². The van der Waals surface area contributed by atoms with Crippen LogP contribution in [-0.4, -0.2) is 28.3 Å². The largest absolute Gasteiger partial charge is 0.512 e. The number of carbonyl (C=O) groups excluding carboxylic acids is 1. The number of hydrogen-bond donors (Lipinski definition) is 1. The highest BCUT2D eigenvalue weighted by atomic mass is 32.3. The van der Waals surface area contributed by atoms with E-state index in [1.54, 1.807) is 0 Å². The normalized spacial score (nSPS) is 13.2. The van der Waals surface area contributed by atoms with E-state index in [0.717, 1.165) is 6.92 Å². The number of halogens is 3. The molecule has 12 heteroatoms. The summed E-state index contributed by atoms with van der Waals surface area (Å²) >= 11 is 0. The maximum absolute atomic E-state index is 11.8. The van der Waals surface area contributed by atoms with Gasteiger partial charge in [-0.1, -0.05) is 10.7 Å². The molecule has 0 bridgehead atoms. The van der Waals surface area contributed by atoms with Crippen molar-refractivity contribution < 1.29 is 39.0 Å². The maximum atomic E-state index is 11.8. The van der Waals surface area contributed by atoms with E-state index in [9.17, 15) is 34.8 Å². The van der Waals surface area contributed by atoms with Gasteiger partial charge in [0.25, 0.3) is 0 Å². The molecule has 0 saturated heterocycles. The van der Waals surface area contributed by atoms with Crippen molar-refractivity contribution >= 4 is 26.3 Å². The number of sulfonamides is 1. The summed E-state index contributed by atoms with van der Waals surface area (Å²) in [5.41, 5.74) is -6.30. The van der Waals surface area contributed by atoms with Gasteiger partial charge in [-0.15, -0.1) is 0 Å². The van der Waals surface area contributed by atoms with E-state index in [4.69, 9.17) is 0 Å². The fourth-order valence-electron chi connectivity index (χ4n) is 0.369. The Balaban J connectivity index is 5.05. The molecule has 0 aliphatic heterocycles. The second kappa shape index (κ2) is 4.62. The van der Waals surface area contributed by atoms with E-state index in [1.165, 1.54) is 0 Å². The average molecular weight is 297 g/mol. The number of rotatable bonds is 4. The summed E-state index contributed by atoms with van der Waals surface area (Å²) in [5.74, 6) is -1.59. The molecule has 0 atom stereocenters. The van der Waals surface area contributed by atoms with Crippen LogP contribution in [-0.2, 0) is 29.3 Å². The molecule has 0 amide bonds. The number of hydrogen-bond acceptors (Lipinski definition) is 6. The molecule has 0 aromatic heterocycles. The van der Waals surface area contributed by atoms with Crippen molar-refractivity contribution in [3.8, 4) is 0 Å². The molecule has 0 spiro atoms. The highest BCUT2D eigenvalue weighted by Gasteiger charge is 2.49.